The van der Waals surface area contributed by atoms with Gasteiger partial charge in [-0.05, 0) is 43.7 Å². The summed E-state index contributed by atoms with van der Waals surface area (Å²) in [4.78, 5) is 6.52. The van der Waals surface area contributed by atoms with Crippen LogP contribution >= 0.6 is 0 Å². The van der Waals surface area contributed by atoms with Crippen molar-refractivity contribution < 1.29 is 0 Å². The van der Waals surface area contributed by atoms with Crippen molar-refractivity contribution in [3.63, 3.8) is 0 Å². The summed E-state index contributed by atoms with van der Waals surface area (Å²) in [6, 6.07) is 10.9. The number of nitrogens with zero attached hydrogens (tertiary/aromatic N) is 2. The maximum Gasteiger partial charge on any atom is 0.0488 e. The van der Waals surface area contributed by atoms with Crippen molar-refractivity contribution in [2.75, 3.05) is 13.6 Å². The molecule has 1 atom stereocenters. The molecule has 2 N–H and O–H groups in total. The van der Waals surface area contributed by atoms with Gasteiger partial charge in [0.1, 0.15) is 0 Å². The summed E-state index contributed by atoms with van der Waals surface area (Å²) in [5, 5.41) is 0. The van der Waals surface area contributed by atoms with Crippen molar-refractivity contribution >= 4 is 0 Å². The minimum absolute atomic E-state index is 0.199. The van der Waals surface area contributed by atoms with E-state index >= 15 is 0 Å². The Bertz CT molecular complexity index is 548. The fourth-order valence-electron chi connectivity index (χ4n) is 2.46. The normalized spacial score (nSPS) is 12.7. The molecular formula is C17H23N3. The van der Waals surface area contributed by atoms with Crippen molar-refractivity contribution in [3.8, 4) is 0 Å². The molecular weight excluding hydrogens is 246 g/mol. The van der Waals surface area contributed by atoms with Gasteiger partial charge < -0.3 is 5.73 Å². The van der Waals surface area contributed by atoms with E-state index in [0.29, 0.717) is 6.54 Å². The van der Waals surface area contributed by atoms with Gasteiger partial charge in [-0.15, -0.1) is 0 Å². The Morgan fingerprint density at radius 2 is 1.85 bits per heavy atom. The molecule has 0 amide bonds. The van der Waals surface area contributed by atoms with E-state index in [1.807, 2.05) is 18.5 Å². The number of hydrogen-bond donors (Lipinski definition) is 1. The molecule has 0 radical (unpaired) electrons. The highest BCUT2D eigenvalue weighted by atomic mass is 15.1. The maximum atomic E-state index is 5.98. The van der Waals surface area contributed by atoms with Crippen molar-refractivity contribution in [1.82, 2.24) is 9.88 Å². The van der Waals surface area contributed by atoms with Crippen molar-refractivity contribution in [1.29, 1.82) is 0 Å². The van der Waals surface area contributed by atoms with Crippen LogP contribution in [-0.2, 0) is 6.54 Å². The molecule has 106 valence electrons. The standard InChI is InChI=1S/C17H23N3/c1-13-4-6-15(7-5-13)12-20(3)17(10-18)16-11-19-9-8-14(16)2/h4-9,11,17H,10,12,18H2,1-3H3. The summed E-state index contributed by atoms with van der Waals surface area (Å²) in [6.45, 7) is 5.69. The molecule has 1 heterocycles. The van der Waals surface area contributed by atoms with Crippen LogP contribution < -0.4 is 5.73 Å². The lowest BCUT2D eigenvalue weighted by Crippen LogP contribution is -2.30. The molecule has 2 aromatic rings. The van der Waals surface area contributed by atoms with Crippen molar-refractivity contribution in [2.24, 2.45) is 5.73 Å². The first kappa shape index (κ1) is 14.7. The molecule has 0 saturated heterocycles. The van der Waals surface area contributed by atoms with Crippen molar-refractivity contribution in [2.45, 2.75) is 26.4 Å². The van der Waals surface area contributed by atoms with E-state index in [1.165, 1.54) is 22.3 Å². The Labute approximate surface area is 121 Å². The smallest absolute Gasteiger partial charge is 0.0488 e. The van der Waals surface area contributed by atoms with Gasteiger partial charge in [-0.3, -0.25) is 9.88 Å². The number of aromatic nitrogens is 1. The van der Waals surface area contributed by atoms with Crippen LogP contribution in [0.3, 0.4) is 0 Å². The van der Waals surface area contributed by atoms with Gasteiger partial charge in [0.2, 0.25) is 0 Å². The molecule has 2 rings (SSSR count). The fourth-order valence-corrected chi connectivity index (χ4v) is 2.46. The van der Waals surface area contributed by atoms with E-state index < -0.39 is 0 Å². The number of likely N-dealkylation sites (N-methyl/N-ethyl adjacent to an activating group) is 1. The average molecular weight is 269 g/mol. The summed E-state index contributed by atoms with van der Waals surface area (Å²) < 4.78 is 0. The quantitative estimate of drug-likeness (QED) is 0.907. The number of pyridine rings is 1. The van der Waals surface area contributed by atoms with Crippen LogP contribution in [0.25, 0.3) is 0 Å². The van der Waals surface area contributed by atoms with Gasteiger partial charge in [-0.25, -0.2) is 0 Å². The number of rotatable bonds is 5. The molecule has 0 spiro atoms. The third kappa shape index (κ3) is 3.44. The Morgan fingerprint density at radius 1 is 1.15 bits per heavy atom. The van der Waals surface area contributed by atoms with Crippen LogP contribution in [0.1, 0.15) is 28.3 Å². The zero-order chi connectivity index (χ0) is 14.5. The number of benzene rings is 1. The largest absolute Gasteiger partial charge is 0.329 e. The van der Waals surface area contributed by atoms with Gasteiger partial charge in [0.05, 0.1) is 0 Å². The van der Waals surface area contributed by atoms with Gasteiger partial charge in [0.25, 0.3) is 0 Å². The monoisotopic (exact) mass is 269 g/mol. The Morgan fingerprint density at radius 3 is 2.45 bits per heavy atom. The second-order valence-corrected chi connectivity index (χ2v) is 5.38. The minimum Gasteiger partial charge on any atom is -0.329 e. The third-order valence-corrected chi connectivity index (χ3v) is 3.75. The first-order chi connectivity index (χ1) is 9.61. The van der Waals surface area contributed by atoms with E-state index in [1.54, 1.807) is 0 Å². The molecule has 0 saturated carbocycles. The molecule has 20 heavy (non-hydrogen) atoms. The van der Waals surface area contributed by atoms with E-state index in [0.717, 1.165) is 6.54 Å². The highest BCUT2D eigenvalue weighted by Crippen LogP contribution is 2.22. The Balaban J connectivity index is 2.15. The third-order valence-electron chi connectivity index (χ3n) is 3.75. The summed E-state index contributed by atoms with van der Waals surface area (Å²) >= 11 is 0. The van der Waals surface area contributed by atoms with Gasteiger partial charge in [0, 0.05) is 31.5 Å². The zero-order valence-electron chi connectivity index (χ0n) is 12.5. The Kier molecular flexibility index (Phi) is 4.88. The van der Waals surface area contributed by atoms with E-state index in [-0.39, 0.29) is 6.04 Å². The topological polar surface area (TPSA) is 42.1 Å². The lowest BCUT2D eigenvalue weighted by Gasteiger charge is -2.28. The number of hydrogen-bond acceptors (Lipinski definition) is 3. The molecule has 0 aliphatic rings. The molecule has 3 heteroatoms. The summed E-state index contributed by atoms with van der Waals surface area (Å²) in [7, 11) is 2.11. The molecule has 0 aliphatic carbocycles. The lowest BCUT2D eigenvalue weighted by molar-refractivity contribution is 0.240. The first-order valence-corrected chi connectivity index (χ1v) is 6.98. The van der Waals surface area contributed by atoms with Crippen LogP contribution in [0.2, 0.25) is 0 Å². The van der Waals surface area contributed by atoms with Crippen LogP contribution in [0.5, 0.6) is 0 Å². The predicted molar refractivity (Wildman–Crippen MR) is 83.4 cm³/mol. The van der Waals surface area contributed by atoms with Gasteiger partial charge >= 0.3 is 0 Å². The SMILES string of the molecule is Cc1ccc(CN(C)C(CN)c2cnccc2C)cc1. The van der Waals surface area contributed by atoms with Crippen LogP contribution in [0, 0.1) is 13.8 Å². The zero-order valence-corrected chi connectivity index (χ0v) is 12.5. The van der Waals surface area contributed by atoms with Gasteiger partial charge in [-0.2, -0.15) is 0 Å². The molecule has 0 bridgehead atoms. The molecule has 1 aromatic carbocycles. The first-order valence-electron chi connectivity index (χ1n) is 6.98. The van der Waals surface area contributed by atoms with Gasteiger partial charge in [-0.1, -0.05) is 29.8 Å². The van der Waals surface area contributed by atoms with E-state index in [2.05, 4.69) is 55.0 Å². The number of nitrogens with two attached hydrogens (primary N) is 1. The summed E-state index contributed by atoms with van der Waals surface area (Å²) in [5.41, 5.74) is 11.0. The van der Waals surface area contributed by atoms with Crippen LogP contribution in [0.4, 0.5) is 0 Å². The summed E-state index contributed by atoms with van der Waals surface area (Å²) in [5.74, 6) is 0. The minimum atomic E-state index is 0.199. The van der Waals surface area contributed by atoms with Gasteiger partial charge in [0.15, 0.2) is 0 Å². The molecule has 3 nitrogen and oxygen atoms in total. The fraction of sp³-hybridized carbons (Fsp3) is 0.353. The van der Waals surface area contributed by atoms with Crippen LogP contribution in [-0.4, -0.2) is 23.5 Å². The van der Waals surface area contributed by atoms with E-state index in [4.69, 9.17) is 5.73 Å². The lowest BCUT2D eigenvalue weighted by atomic mass is 10.0. The molecule has 1 aromatic heterocycles. The second kappa shape index (κ2) is 6.64. The number of aryl methyl sites for hydroxylation is 2. The average Bonchev–Trinajstić information content (AvgIpc) is 2.44. The van der Waals surface area contributed by atoms with Crippen LogP contribution in [0.15, 0.2) is 42.7 Å². The molecule has 1 unspecified atom stereocenters. The molecule has 0 aliphatic heterocycles. The second-order valence-electron chi connectivity index (χ2n) is 5.38. The summed E-state index contributed by atoms with van der Waals surface area (Å²) in [6.07, 6.45) is 3.75. The Hall–Kier alpha value is -1.71. The van der Waals surface area contributed by atoms with Crippen molar-refractivity contribution in [3.05, 3.63) is 65.0 Å². The predicted octanol–water partition coefficient (Wildman–Crippen LogP) is 2.83. The van der Waals surface area contributed by atoms with E-state index in [9.17, 15) is 0 Å². The molecule has 0 fully saturated rings. The highest BCUT2D eigenvalue weighted by Gasteiger charge is 2.17. The maximum absolute atomic E-state index is 5.98. The highest BCUT2D eigenvalue weighted by molar-refractivity contribution is 5.26.